The molecule has 2 aliphatic rings. The zero-order valence-corrected chi connectivity index (χ0v) is 45.6. The van der Waals surface area contributed by atoms with E-state index in [1.54, 1.807) is 6.92 Å². The Morgan fingerprint density at radius 1 is 0.455 bits per heavy atom. The van der Waals surface area contributed by atoms with E-state index < -0.39 is 5.97 Å². The quantitative estimate of drug-likeness (QED) is 0.0150. The summed E-state index contributed by atoms with van der Waals surface area (Å²) in [4.78, 5) is 49.3. The standard InChI is InChI=1S/C67H80O10/c1-5-43-76-67(71)61-42-41-60(56-29-25-52(26-30-56)48-17-21-50(22-18-48)54-33-37-58(38-34-54)72-44-13-9-11-15-46-74-62(68)6-2)65(66(61)77-64(70)8-4)57-31-27-53(28-32-57)49-19-23-51(24-20-49)55-35-39-59(40-36-55)73-45-14-10-12-16-47-75-63(69)7-3/h6-7,17-24,33-42,52-53,56-57H,2-3,5,8-16,25-32,43-47H2,1,4H3. The van der Waals surface area contributed by atoms with Crippen molar-refractivity contribution in [1.82, 2.24) is 0 Å². The molecule has 408 valence electrons. The van der Waals surface area contributed by atoms with Gasteiger partial charge in [-0.25, -0.2) is 14.4 Å². The lowest BCUT2D eigenvalue weighted by Gasteiger charge is -2.35. The van der Waals surface area contributed by atoms with Crippen molar-refractivity contribution >= 4 is 23.9 Å². The molecule has 0 aromatic heterocycles. The molecule has 0 radical (unpaired) electrons. The van der Waals surface area contributed by atoms with Gasteiger partial charge in [0.25, 0.3) is 0 Å². The minimum Gasteiger partial charge on any atom is -0.494 e. The van der Waals surface area contributed by atoms with Gasteiger partial charge in [0.05, 0.1) is 33.0 Å². The molecule has 0 spiro atoms. The minimum absolute atomic E-state index is 0.137. The third kappa shape index (κ3) is 17.3. The molecule has 0 atom stereocenters. The lowest BCUT2D eigenvalue weighted by molar-refractivity contribution is -0.138. The molecular weight excluding hydrogens is 965 g/mol. The summed E-state index contributed by atoms with van der Waals surface area (Å²) < 4.78 is 34.0. The van der Waals surface area contributed by atoms with Crippen LogP contribution < -0.4 is 14.2 Å². The Labute approximate surface area is 457 Å². The summed E-state index contributed by atoms with van der Waals surface area (Å²) >= 11 is 0. The largest absolute Gasteiger partial charge is 0.494 e. The average molecular weight is 1050 g/mol. The van der Waals surface area contributed by atoms with Crippen LogP contribution in [0.1, 0.15) is 186 Å². The van der Waals surface area contributed by atoms with Gasteiger partial charge in [0.2, 0.25) is 0 Å². The fourth-order valence-corrected chi connectivity index (χ4v) is 10.9. The lowest BCUT2D eigenvalue weighted by Crippen LogP contribution is -2.21. The van der Waals surface area contributed by atoms with Crippen molar-refractivity contribution in [2.45, 2.75) is 153 Å². The molecule has 0 bridgehead atoms. The molecule has 2 aliphatic carbocycles. The summed E-state index contributed by atoms with van der Waals surface area (Å²) in [6.45, 7) is 13.1. The molecule has 0 heterocycles. The van der Waals surface area contributed by atoms with Crippen LogP contribution in [0.5, 0.6) is 17.2 Å². The summed E-state index contributed by atoms with van der Waals surface area (Å²) in [6, 6.07) is 38.6. The third-order valence-electron chi connectivity index (χ3n) is 15.3. The first-order chi connectivity index (χ1) is 37.7. The van der Waals surface area contributed by atoms with Crippen molar-refractivity contribution in [2.24, 2.45) is 0 Å². The van der Waals surface area contributed by atoms with E-state index >= 15 is 0 Å². The fourth-order valence-electron chi connectivity index (χ4n) is 10.9. The Morgan fingerprint density at radius 3 is 1.27 bits per heavy atom. The average Bonchev–Trinajstić information content (AvgIpc) is 3.48. The monoisotopic (exact) mass is 1040 g/mol. The molecular formula is C67H80O10. The second kappa shape index (κ2) is 30.7. The smallest absolute Gasteiger partial charge is 0.341 e. The third-order valence-corrected chi connectivity index (χ3v) is 15.3. The van der Waals surface area contributed by atoms with Gasteiger partial charge in [0.15, 0.2) is 0 Å². The number of hydrogen-bond acceptors (Lipinski definition) is 10. The Morgan fingerprint density at radius 2 is 0.857 bits per heavy atom. The number of esters is 4. The van der Waals surface area contributed by atoms with Gasteiger partial charge in [-0.2, -0.15) is 0 Å². The van der Waals surface area contributed by atoms with Crippen LogP contribution in [0.25, 0.3) is 22.3 Å². The van der Waals surface area contributed by atoms with Crippen LogP contribution in [0, 0.1) is 0 Å². The summed E-state index contributed by atoms with van der Waals surface area (Å²) in [5.74, 6) is 1.85. The molecule has 10 heteroatoms. The van der Waals surface area contributed by atoms with Gasteiger partial charge < -0.3 is 28.4 Å². The topological polar surface area (TPSA) is 124 Å². The molecule has 0 aliphatic heterocycles. The molecule has 0 amide bonds. The van der Waals surface area contributed by atoms with E-state index in [1.807, 2.05) is 37.3 Å². The number of carbonyl (C=O) groups is 4. The fraction of sp³-hybridized carbons (Fsp3) is 0.433. The second-order valence-electron chi connectivity index (χ2n) is 20.6. The molecule has 77 heavy (non-hydrogen) atoms. The summed E-state index contributed by atoms with van der Waals surface area (Å²) in [5.41, 5.74) is 9.90. The Bertz CT molecular complexity index is 2650. The number of hydrogen-bond donors (Lipinski definition) is 0. The first kappa shape index (κ1) is 57.8. The van der Waals surface area contributed by atoms with Gasteiger partial charge in [0, 0.05) is 24.1 Å². The predicted octanol–water partition coefficient (Wildman–Crippen LogP) is 16.1. The van der Waals surface area contributed by atoms with E-state index in [2.05, 4.69) is 92.0 Å². The molecule has 0 unspecified atom stereocenters. The van der Waals surface area contributed by atoms with Gasteiger partial charge in [-0.15, -0.1) is 0 Å². The molecule has 10 nitrogen and oxygen atoms in total. The SMILES string of the molecule is C=CC(=O)OCCCCCCOc1ccc(-c2ccc(C3CCC(c4ccc(C(=O)OCCC)c(OC(=O)CC)c4C4CCC(c5ccc(-c6ccc(OCCCCCCOC(=O)C=C)cc6)cc5)CC4)CC3)cc2)cc1. The first-order valence-electron chi connectivity index (χ1n) is 28.5. The predicted molar refractivity (Wildman–Crippen MR) is 305 cm³/mol. The summed E-state index contributed by atoms with van der Waals surface area (Å²) in [5, 5.41) is 0. The summed E-state index contributed by atoms with van der Waals surface area (Å²) in [6.07, 6.45) is 18.8. The van der Waals surface area contributed by atoms with Gasteiger partial charge in [-0.05, 0) is 202 Å². The Kier molecular flexibility index (Phi) is 23.0. The molecule has 5 aromatic carbocycles. The number of rotatable bonds is 29. The molecule has 7 rings (SSSR count). The van der Waals surface area contributed by atoms with Gasteiger partial charge in [-0.3, -0.25) is 4.79 Å². The maximum Gasteiger partial charge on any atom is 0.341 e. The molecule has 0 N–H and O–H groups in total. The van der Waals surface area contributed by atoms with Crippen LogP contribution in [-0.2, 0) is 28.6 Å². The van der Waals surface area contributed by atoms with Crippen molar-refractivity contribution in [3.63, 3.8) is 0 Å². The number of benzene rings is 5. The van der Waals surface area contributed by atoms with E-state index in [0.717, 1.165) is 136 Å². The van der Waals surface area contributed by atoms with Crippen LogP contribution in [0.2, 0.25) is 0 Å². The minimum atomic E-state index is -0.440. The van der Waals surface area contributed by atoms with Crippen LogP contribution in [0.3, 0.4) is 0 Å². The highest BCUT2D eigenvalue weighted by Crippen LogP contribution is 2.50. The zero-order valence-electron chi connectivity index (χ0n) is 45.6. The van der Waals surface area contributed by atoms with E-state index in [4.69, 9.17) is 28.4 Å². The summed E-state index contributed by atoms with van der Waals surface area (Å²) in [7, 11) is 0. The lowest BCUT2D eigenvalue weighted by atomic mass is 9.70. The molecule has 2 saturated carbocycles. The first-order valence-corrected chi connectivity index (χ1v) is 28.5. The van der Waals surface area contributed by atoms with Crippen LogP contribution in [0.4, 0.5) is 0 Å². The highest BCUT2D eigenvalue weighted by atomic mass is 16.6. The van der Waals surface area contributed by atoms with Gasteiger partial charge >= 0.3 is 23.9 Å². The van der Waals surface area contributed by atoms with Crippen molar-refractivity contribution < 1.29 is 47.6 Å². The molecule has 5 aromatic rings. The van der Waals surface area contributed by atoms with Crippen LogP contribution in [-0.4, -0.2) is 56.9 Å². The maximum atomic E-state index is 13.7. The van der Waals surface area contributed by atoms with Gasteiger partial charge in [-0.1, -0.05) is 106 Å². The molecule has 0 saturated heterocycles. The normalized spacial score (nSPS) is 17.1. The van der Waals surface area contributed by atoms with Gasteiger partial charge in [0.1, 0.15) is 22.8 Å². The Balaban J connectivity index is 0.950. The van der Waals surface area contributed by atoms with E-state index in [9.17, 15) is 19.2 Å². The Hall–Kier alpha value is -6.94. The van der Waals surface area contributed by atoms with Crippen molar-refractivity contribution in [3.8, 4) is 39.5 Å². The highest BCUT2D eigenvalue weighted by molar-refractivity contribution is 5.94. The zero-order chi connectivity index (χ0) is 54.2. The highest BCUT2D eigenvalue weighted by Gasteiger charge is 2.35. The van der Waals surface area contributed by atoms with E-state index in [-0.39, 0.29) is 36.2 Å². The number of ether oxygens (including phenoxy) is 6. The van der Waals surface area contributed by atoms with Crippen molar-refractivity contribution in [3.05, 3.63) is 162 Å². The van der Waals surface area contributed by atoms with Crippen molar-refractivity contribution in [1.29, 1.82) is 0 Å². The van der Waals surface area contributed by atoms with E-state index in [0.29, 0.717) is 62.6 Å². The van der Waals surface area contributed by atoms with Crippen molar-refractivity contribution in [2.75, 3.05) is 33.0 Å². The maximum absolute atomic E-state index is 13.7. The van der Waals surface area contributed by atoms with Crippen LogP contribution in [0.15, 0.2) is 135 Å². The van der Waals surface area contributed by atoms with E-state index in [1.165, 1.54) is 34.4 Å². The second-order valence-corrected chi connectivity index (χ2v) is 20.6. The molecule has 2 fully saturated rings. The number of carbonyl (C=O) groups excluding carboxylic acids is 4. The number of unbranched alkanes of at least 4 members (excludes halogenated alkanes) is 6. The van der Waals surface area contributed by atoms with Crippen LogP contribution >= 0.6 is 0 Å².